The molecule has 1 amide bonds. The Morgan fingerprint density at radius 2 is 1.82 bits per heavy atom. The maximum absolute atomic E-state index is 12.8. The highest BCUT2D eigenvalue weighted by Gasteiger charge is 2.29. The Hall–Kier alpha value is -0.280. The maximum atomic E-state index is 12.8. The van der Waals surface area contributed by atoms with Crippen molar-refractivity contribution in [2.45, 2.75) is 71.8 Å². The number of hydrogen-bond acceptors (Lipinski definition) is 2. The van der Waals surface area contributed by atoms with E-state index in [1.807, 2.05) is 0 Å². The lowest BCUT2D eigenvalue weighted by atomic mass is 9.85. The van der Waals surface area contributed by atoms with E-state index in [1.54, 1.807) is 0 Å². The molecule has 2 rings (SSSR count). The van der Waals surface area contributed by atoms with Crippen molar-refractivity contribution in [1.82, 2.24) is 10.2 Å². The molecule has 0 spiro atoms. The summed E-state index contributed by atoms with van der Waals surface area (Å²) in [4.78, 5) is 15.1. The Kier molecular flexibility index (Phi) is 8.78. The number of nitrogens with zero attached hydrogens (tertiary/aromatic N) is 1. The van der Waals surface area contributed by atoms with E-state index in [-0.39, 0.29) is 12.4 Å². The van der Waals surface area contributed by atoms with Crippen molar-refractivity contribution in [3.8, 4) is 0 Å². The maximum Gasteiger partial charge on any atom is 0.223 e. The van der Waals surface area contributed by atoms with Crippen molar-refractivity contribution >= 4 is 18.3 Å². The van der Waals surface area contributed by atoms with Crippen LogP contribution in [0.25, 0.3) is 0 Å². The third-order valence-electron chi connectivity index (χ3n) is 5.28. The Balaban J connectivity index is 0.00000242. The molecule has 4 heteroatoms. The fourth-order valence-corrected chi connectivity index (χ4v) is 3.99. The van der Waals surface area contributed by atoms with Crippen LogP contribution in [0, 0.1) is 17.8 Å². The van der Waals surface area contributed by atoms with Gasteiger partial charge < -0.3 is 10.2 Å². The van der Waals surface area contributed by atoms with Gasteiger partial charge in [-0.1, -0.05) is 33.6 Å². The summed E-state index contributed by atoms with van der Waals surface area (Å²) in [6.45, 7) is 9.92. The fraction of sp³-hybridized carbons (Fsp3) is 0.944. The Morgan fingerprint density at radius 3 is 2.36 bits per heavy atom. The fourth-order valence-electron chi connectivity index (χ4n) is 3.99. The summed E-state index contributed by atoms with van der Waals surface area (Å²) in [5, 5.41) is 3.48. The van der Waals surface area contributed by atoms with Gasteiger partial charge in [0, 0.05) is 19.0 Å². The summed E-state index contributed by atoms with van der Waals surface area (Å²) in [6, 6.07) is 0.525. The second-order valence-electron chi connectivity index (χ2n) is 7.67. The van der Waals surface area contributed by atoms with Crippen molar-refractivity contribution in [1.29, 1.82) is 0 Å². The number of halogens is 1. The van der Waals surface area contributed by atoms with Gasteiger partial charge in [-0.2, -0.15) is 0 Å². The number of piperidine rings is 1. The van der Waals surface area contributed by atoms with Crippen LogP contribution >= 0.6 is 12.4 Å². The van der Waals surface area contributed by atoms with E-state index in [1.165, 1.54) is 38.5 Å². The second-order valence-corrected chi connectivity index (χ2v) is 7.67. The molecule has 1 aliphatic carbocycles. The molecule has 2 atom stereocenters. The average molecular weight is 331 g/mol. The number of amides is 1. The van der Waals surface area contributed by atoms with Gasteiger partial charge in [0.25, 0.3) is 0 Å². The van der Waals surface area contributed by atoms with Crippen LogP contribution in [0.15, 0.2) is 0 Å². The smallest absolute Gasteiger partial charge is 0.223 e. The van der Waals surface area contributed by atoms with E-state index in [9.17, 15) is 4.79 Å². The van der Waals surface area contributed by atoms with Gasteiger partial charge in [-0.25, -0.2) is 0 Å². The molecule has 130 valence electrons. The van der Waals surface area contributed by atoms with E-state index in [0.717, 1.165) is 26.1 Å². The van der Waals surface area contributed by atoms with Crippen molar-refractivity contribution in [3.63, 3.8) is 0 Å². The lowest BCUT2D eigenvalue weighted by Gasteiger charge is -2.34. The van der Waals surface area contributed by atoms with Gasteiger partial charge in [0.05, 0.1) is 0 Å². The summed E-state index contributed by atoms with van der Waals surface area (Å²) < 4.78 is 0. The number of carbonyl (C=O) groups is 1. The molecule has 0 radical (unpaired) electrons. The third-order valence-corrected chi connectivity index (χ3v) is 5.28. The zero-order valence-corrected chi connectivity index (χ0v) is 15.5. The second kappa shape index (κ2) is 9.77. The molecule has 0 aromatic heterocycles. The molecule has 1 saturated heterocycles. The molecular formula is C18H35ClN2O. The monoisotopic (exact) mass is 330 g/mol. The first kappa shape index (κ1) is 19.8. The average Bonchev–Trinajstić information content (AvgIpc) is 2.99. The number of nitrogens with one attached hydrogen (secondary N) is 1. The predicted molar refractivity (Wildman–Crippen MR) is 95.4 cm³/mol. The molecule has 3 nitrogen and oxygen atoms in total. The summed E-state index contributed by atoms with van der Waals surface area (Å²) in [5.41, 5.74) is 0. The van der Waals surface area contributed by atoms with Crippen LogP contribution in [0.1, 0.15) is 65.7 Å². The SMILES string of the molecule is CC(C)CN(C(=O)CC(C)C1CCCNC1)C1CCCC1.Cl. The molecule has 0 aromatic carbocycles. The number of rotatable bonds is 6. The zero-order chi connectivity index (χ0) is 15.2. The quantitative estimate of drug-likeness (QED) is 0.802. The van der Waals surface area contributed by atoms with Crippen LogP contribution in [0.2, 0.25) is 0 Å². The van der Waals surface area contributed by atoms with Gasteiger partial charge in [-0.15, -0.1) is 12.4 Å². The minimum Gasteiger partial charge on any atom is -0.339 e. The molecule has 1 saturated carbocycles. The molecule has 1 aliphatic heterocycles. The van der Waals surface area contributed by atoms with Crippen molar-refractivity contribution in [2.24, 2.45) is 17.8 Å². The molecule has 1 N–H and O–H groups in total. The first-order valence-corrected chi connectivity index (χ1v) is 9.08. The highest BCUT2D eigenvalue weighted by Crippen LogP contribution is 2.28. The Morgan fingerprint density at radius 1 is 1.14 bits per heavy atom. The molecule has 1 heterocycles. The normalized spacial score (nSPS) is 24.1. The molecule has 2 aliphatic rings. The highest BCUT2D eigenvalue weighted by molar-refractivity contribution is 5.85. The first-order valence-electron chi connectivity index (χ1n) is 9.08. The van der Waals surface area contributed by atoms with Gasteiger partial charge in [-0.05, 0) is 56.5 Å². The summed E-state index contributed by atoms with van der Waals surface area (Å²) >= 11 is 0. The van der Waals surface area contributed by atoms with E-state index in [4.69, 9.17) is 0 Å². The van der Waals surface area contributed by atoms with Gasteiger partial charge in [0.2, 0.25) is 5.91 Å². The van der Waals surface area contributed by atoms with Gasteiger partial charge in [-0.3, -0.25) is 4.79 Å². The van der Waals surface area contributed by atoms with Gasteiger partial charge >= 0.3 is 0 Å². The molecule has 2 unspecified atom stereocenters. The predicted octanol–water partition coefficient (Wildman–Crippen LogP) is 3.86. The van der Waals surface area contributed by atoms with Crippen LogP contribution in [-0.4, -0.2) is 36.5 Å². The van der Waals surface area contributed by atoms with E-state index >= 15 is 0 Å². The van der Waals surface area contributed by atoms with Crippen LogP contribution in [0.5, 0.6) is 0 Å². The largest absolute Gasteiger partial charge is 0.339 e. The minimum absolute atomic E-state index is 0. The summed E-state index contributed by atoms with van der Waals surface area (Å²) in [5.74, 6) is 2.18. The minimum atomic E-state index is 0. The van der Waals surface area contributed by atoms with Crippen LogP contribution in [-0.2, 0) is 4.79 Å². The number of carbonyl (C=O) groups excluding carboxylic acids is 1. The zero-order valence-electron chi connectivity index (χ0n) is 14.6. The first-order chi connectivity index (χ1) is 10.1. The topological polar surface area (TPSA) is 32.3 Å². The third kappa shape index (κ3) is 5.73. The molecule has 2 fully saturated rings. The van der Waals surface area contributed by atoms with Gasteiger partial charge in [0.1, 0.15) is 0 Å². The molecule has 22 heavy (non-hydrogen) atoms. The highest BCUT2D eigenvalue weighted by atomic mass is 35.5. The molecule has 0 bridgehead atoms. The lowest BCUT2D eigenvalue weighted by molar-refractivity contribution is -0.135. The van der Waals surface area contributed by atoms with Gasteiger partial charge in [0.15, 0.2) is 0 Å². The van der Waals surface area contributed by atoms with E-state index in [0.29, 0.717) is 29.7 Å². The lowest BCUT2D eigenvalue weighted by Crippen LogP contribution is -2.43. The van der Waals surface area contributed by atoms with Crippen molar-refractivity contribution in [3.05, 3.63) is 0 Å². The Labute approximate surface area is 143 Å². The van der Waals surface area contributed by atoms with Crippen molar-refractivity contribution < 1.29 is 4.79 Å². The Bertz CT molecular complexity index is 323. The summed E-state index contributed by atoms with van der Waals surface area (Å²) in [7, 11) is 0. The molecule has 0 aromatic rings. The van der Waals surface area contributed by atoms with Crippen molar-refractivity contribution in [2.75, 3.05) is 19.6 Å². The van der Waals surface area contributed by atoms with E-state index in [2.05, 4.69) is 31.0 Å². The van der Waals surface area contributed by atoms with Crippen LogP contribution in [0.4, 0.5) is 0 Å². The van der Waals surface area contributed by atoms with Crippen LogP contribution in [0.3, 0.4) is 0 Å². The summed E-state index contributed by atoms with van der Waals surface area (Å²) in [6.07, 6.45) is 8.34. The molecular weight excluding hydrogens is 296 g/mol. The standard InChI is InChI=1S/C18H34N2O.ClH/c1-14(2)13-20(17-8-4-5-9-17)18(21)11-15(3)16-7-6-10-19-12-16;/h14-17,19H,4-13H2,1-3H3;1H. The van der Waals surface area contributed by atoms with E-state index < -0.39 is 0 Å². The number of hydrogen-bond donors (Lipinski definition) is 1. The van der Waals surface area contributed by atoms with Crippen LogP contribution < -0.4 is 5.32 Å².